The molecular formula is C24H31N3O5. The van der Waals surface area contributed by atoms with Gasteiger partial charge >= 0.3 is 0 Å². The Morgan fingerprint density at radius 3 is 2.19 bits per heavy atom. The number of amides is 1. The fourth-order valence-electron chi connectivity index (χ4n) is 3.35. The quantitative estimate of drug-likeness (QED) is 0.459. The van der Waals surface area contributed by atoms with Crippen LogP contribution in [0.25, 0.3) is 5.65 Å². The molecule has 0 aliphatic carbocycles. The van der Waals surface area contributed by atoms with Crippen molar-refractivity contribution in [1.29, 1.82) is 0 Å². The Bertz CT molecular complexity index is 1020. The van der Waals surface area contributed by atoms with E-state index in [2.05, 4.69) is 10.3 Å². The summed E-state index contributed by atoms with van der Waals surface area (Å²) in [7, 11) is 0. The monoisotopic (exact) mass is 441 g/mol. The van der Waals surface area contributed by atoms with Gasteiger partial charge in [0.05, 0.1) is 32.1 Å². The second-order valence-electron chi connectivity index (χ2n) is 6.88. The van der Waals surface area contributed by atoms with E-state index < -0.39 is 0 Å². The van der Waals surface area contributed by atoms with Crippen molar-refractivity contribution in [2.24, 2.45) is 0 Å². The number of nitrogens with one attached hydrogen (secondary N) is 1. The van der Waals surface area contributed by atoms with Crippen LogP contribution in [0.4, 0.5) is 0 Å². The van der Waals surface area contributed by atoms with Crippen LogP contribution in [0, 0.1) is 0 Å². The van der Waals surface area contributed by atoms with Crippen molar-refractivity contribution < 1.29 is 23.7 Å². The van der Waals surface area contributed by atoms with Gasteiger partial charge < -0.3 is 28.7 Å². The topological polar surface area (TPSA) is 83.3 Å². The largest absolute Gasteiger partial charge is 0.490 e. The molecule has 0 aliphatic rings. The van der Waals surface area contributed by atoms with Crippen LogP contribution in [0.2, 0.25) is 0 Å². The molecule has 172 valence electrons. The molecule has 1 aromatic carbocycles. The molecule has 1 amide bonds. The first-order valence-corrected chi connectivity index (χ1v) is 11.0. The number of hydrogen-bond acceptors (Lipinski definition) is 6. The smallest absolute Gasteiger partial charge is 0.251 e. The van der Waals surface area contributed by atoms with Crippen LogP contribution in [-0.4, -0.2) is 48.3 Å². The number of carbonyl (C=O) groups excluding carboxylic acids is 1. The summed E-state index contributed by atoms with van der Waals surface area (Å²) in [6.07, 6.45) is 4.46. The van der Waals surface area contributed by atoms with Crippen LogP contribution >= 0.6 is 0 Å². The van der Waals surface area contributed by atoms with E-state index in [1.807, 2.05) is 56.6 Å². The molecule has 2 heterocycles. The van der Waals surface area contributed by atoms with Gasteiger partial charge in [-0.2, -0.15) is 0 Å². The van der Waals surface area contributed by atoms with E-state index in [1.54, 1.807) is 12.1 Å². The lowest BCUT2D eigenvalue weighted by molar-refractivity contribution is 0.0953. The number of benzene rings is 1. The summed E-state index contributed by atoms with van der Waals surface area (Å²) in [4.78, 5) is 17.5. The second-order valence-corrected chi connectivity index (χ2v) is 6.88. The number of ether oxygens (including phenoxy) is 4. The highest BCUT2D eigenvalue weighted by Gasteiger charge is 2.18. The lowest BCUT2D eigenvalue weighted by Crippen LogP contribution is -2.26. The first-order chi connectivity index (χ1) is 15.6. The van der Waals surface area contributed by atoms with Gasteiger partial charge in [0.1, 0.15) is 0 Å². The van der Waals surface area contributed by atoms with Crippen molar-refractivity contribution in [3.63, 3.8) is 0 Å². The molecule has 0 saturated carbocycles. The van der Waals surface area contributed by atoms with Gasteiger partial charge in [-0.05, 0) is 52.0 Å². The Kier molecular flexibility index (Phi) is 8.19. The van der Waals surface area contributed by atoms with Crippen LogP contribution in [0.5, 0.6) is 23.0 Å². The van der Waals surface area contributed by atoms with Crippen molar-refractivity contribution in [2.45, 2.75) is 34.1 Å². The summed E-state index contributed by atoms with van der Waals surface area (Å²) < 4.78 is 24.7. The molecule has 2 aromatic heterocycles. The minimum atomic E-state index is -0.214. The number of fused-ring (bicyclic) bond motifs is 1. The first kappa shape index (κ1) is 23.2. The van der Waals surface area contributed by atoms with Crippen LogP contribution in [0.15, 0.2) is 36.7 Å². The molecule has 0 fully saturated rings. The van der Waals surface area contributed by atoms with E-state index in [-0.39, 0.29) is 5.91 Å². The lowest BCUT2D eigenvalue weighted by atomic mass is 10.1. The summed E-state index contributed by atoms with van der Waals surface area (Å²) in [6.45, 7) is 9.99. The fourth-order valence-corrected chi connectivity index (χ4v) is 3.35. The Balaban J connectivity index is 1.71. The van der Waals surface area contributed by atoms with Gasteiger partial charge in [-0.25, -0.2) is 4.98 Å². The van der Waals surface area contributed by atoms with Crippen LogP contribution in [0.3, 0.4) is 0 Å². The predicted octanol–water partition coefficient (Wildman–Crippen LogP) is 3.90. The molecule has 0 atom stereocenters. The standard InChI is InChI=1S/C24H31N3O5/c1-5-29-19-10-9-13-27-16-18(26-23(19)27)11-12-25-24(28)17-14-20(30-6-2)22(32-8-4)21(15-17)31-7-3/h9-10,13-16H,5-8,11-12H2,1-4H3,(H,25,28). The molecule has 0 unspecified atom stereocenters. The molecule has 0 aliphatic heterocycles. The summed E-state index contributed by atoms with van der Waals surface area (Å²) in [5.41, 5.74) is 2.09. The third kappa shape index (κ3) is 5.43. The van der Waals surface area contributed by atoms with Crippen molar-refractivity contribution in [3.05, 3.63) is 47.9 Å². The minimum Gasteiger partial charge on any atom is -0.490 e. The van der Waals surface area contributed by atoms with E-state index >= 15 is 0 Å². The SMILES string of the molecule is CCOc1cc(C(=O)NCCc2cn3cccc(OCC)c3n2)cc(OCC)c1OCC. The Morgan fingerprint density at radius 2 is 1.56 bits per heavy atom. The molecule has 3 aromatic rings. The molecule has 0 bridgehead atoms. The summed E-state index contributed by atoms with van der Waals surface area (Å²) in [6, 6.07) is 7.19. The lowest BCUT2D eigenvalue weighted by Gasteiger charge is -2.17. The maximum absolute atomic E-state index is 12.8. The number of pyridine rings is 1. The van der Waals surface area contributed by atoms with Gasteiger partial charge in [-0.15, -0.1) is 0 Å². The third-order valence-electron chi connectivity index (χ3n) is 4.63. The average molecular weight is 442 g/mol. The highest BCUT2D eigenvalue weighted by molar-refractivity contribution is 5.95. The number of rotatable bonds is 12. The minimum absolute atomic E-state index is 0.214. The molecule has 1 N–H and O–H groups in total. The van der Waals surface area contributed by atoms with Crippen molar-refractivity contribution in [2.75, 3.05) is 33.0 Å². The third-order valence-corrected chi connectivity index (χ3v) is 4.63. The molecule has 0 radical (unpaired) electrons. The van der Waals surface area contributed by atoms with Crippen LogP contribution < -0.4 is 24.3 Å². The zero-order chi connectivity index (χ0) is 22.9. The van der Waals surface area contributed by atoms with Crippen molar-refractivity contribution >= 4 is 11.6 Å². The van der Waals surface area contributed by atoms with Crippen LogP contribution in [-0.2, 0) is 6.42 Å². The van der Waals surface area contributed by atoms with Crippen LogP contribution in [0.1, 0.15) is 43.7 Å². The zero-order valence-corrected chi connectivity index (χ0v) is 19.1. The summed E-state index contributed by atoms with van der Waals surface area (Å²) in [5.74, 6) is 2.03. The normalized spacial score (nSPS) is 10.8. The van der Waals surface area contributed by atoms with Gasteiger partial charge in [0.25, 0.3) is 5.91 Å². The molecule has 32 heavy (non-hydrogen) atoms. The maximum Gasteiger partial charge on any atom is 0.251 e. The maximum atomic E-state index is 12.8. The van der Waals surface area contributed by atoms with Gasteiger partial charge in [0.15, 0.2) is 22.9 Å². The highest BCUT2D eigenvalue weighted by Crippen LogP contribution is 2.39. The fraction of sp³-hybridized carbons (Fsp3) is 0.417. The van der Waals surface area contributed by atoms with Gasteiger partial charge in [-0.1, -0.05) is 0 Å². The Morgan fingerprint density at radius 1 is 0.938 bits per heavy atom. The van der Waals surface area contributed by atoms with E-state index in [0.29, 0.717) is 62.2 Å². The summed E-state index contributed by atoms with van der Waals surface area (Å²) >= 11 is 0. The van der Waals surface area contributed by atoms with E-state index in [0.717, 1.165) is 17.1 Å². The molecule has 3 rings (SSSR count). The van der Waals surface area contributed by atoms with Crippen molar-refractivity contribution in [3.8, 4) is 23.0 Å². The second kappa shape index (κ2) is 11.3. The Labute approximate surface area is 188 Å². The average Bonchev–Trinajstić information content (AvgIpc) is 3.20. The number of hydrogen-bond donors (Lipinski definition) is 1. The van der Waals surface area contributed by atoms with Gasteiger partial charge in [-0.3, -0.25) is 4.79 Å². The predicted molar refractivity (Wildman–Crippen MR) is 122 cm³/mol. The molecule has 8 heteroatoms. The molecular weight excluding hydrogens is 410 g/mol. The number of nitrogens with zero attached hydrogens (tertiary/aromatic N) is 2. The summed E-state index contributed by atoms with van der Waals surface area (Å²) in [5, 5.41) is 2.95. The van der Waals surface area contributed by atoms with Gasteiger partial charge in [0.2, 0.25) is 5.75 Å². The number of imidazole rings is 1. The molecule has 0 spiro atoms. The first-order valence-electron chi connectivity index (χ1n) is 11.0. The van der Waals surface area contributed by atoms with E-state index in [9.17, 15) is 4.79 Å². The van der Waals surface area contributed by atoms with Gasteiger partial charge in [0, 0.05) is 30.9 Å². The number of aromatic nitrogens is 2. The zero-order valence-electron chi connectivity index (χ0n) is 19.1. The van der Waals surface area contributed by atoms with Crippen molar-refractivity contribution in [1.82, 2.24) is 14.7 Å². The Hall–Kier alpha value is -3.42. The molecule has 8 nitrogen and oxygen atoms in total. The van der Waals surface area contributed by atoms with E-state index in [4.69, 9.17) is 18.9 Å². The number of carbonyl (C=O) groups is 1. The van der Waals surface area contributed by atoms with E-state index in [1.165, 1.54) is 0 Å². The highest BCUT2D eigenvalue weighted by atomic mass is 16.5. The molecule has 0 saturated heterocycles.